The van der Waals surface area contributed by atoms with Crippen molar-refractivity contribution in [1.29, 1.82) is 0 Å². The minimum atomic E-state index is -1.32. The van der Waals surface area contributed by atoms with Crippen LogP contribution in [0.3, 0.4) is 0 Å². The normalized spacial score (nSPS) is 21.7. The lowest BCUT2D eigenvalue weighted by molar-refractivity contribution is -0.144. The number of nitrogen functional groups attached to an aromatic ring is 1. The molecule has 2 heterocycles. The third-order valence-corrected chi connectivity index (χ3v) is 10.2. The number of ether oxygens (including phenoxy) is 3. The van der Waals surface area contributed by atoms with Crippen molar-refractivity contribution < 1.29 is 34.0 Å². The summed E-state index contributed by atoms with van der Waals surface area (Å²) in [6.45, 7) is 5.07. The molecule has 0 bridgehead atoms. The Kier molecular flexibility index (Phi) is 11.0. The van der Waals surface area contributed by atoms with Gasteiger partial charge in [0.25, 0.3) is 0 Å². The van der Waals surface area contributed by atoms with E-state index in [4.69, 9.17) is 19.9 Å². The molecular formula is C35H45N4O7P. The lowest BCUT2D eigenvalue weighted by Crippen LogP contribution is -2.36. The first-order chi connectivity index (χ1) is 22.4. The molecule has 3 unspecified atom stereocenters. The number of unbranched alkanes of at least 4 members (excludes halogenated alkanes) is 1. The Balaban J connectivity index is 1.09. The molecule has 1 aromatic heterocycles. The Morgan fingerprint density at radius 1 is 1.06 bits per heavy atom. The van der Waals surface area contributed by atoms with Crippen molar-refractivity contribution in [3.05, 3.63) is 77.5 Å². The standard InChI is InChI=1S/C35H45N4O7P/c1-22(33(42)46-35(43)44-21-27-25-14-7-5-12-23(25)24-13-6-8-15-26(24)27)11-9-10-18-37-34-38-29(36)16-19-39(34)32-31(41)30(40)28(45-32)17-20-47(2,3)4/h5-8,12-16,19,22,27-28,30-32,40-41H,2,9-11,17-18,20-21H2,1,3-4H3,(H2,36,37,38)/t22?,28?,30-,31-,32?/m1/s1. The van der Waals surface area contributed by atoms with Gasteiger partial charge in [-0.25, -0.2) is 4.79 Å². The van der Waals surface area contributed by atoms with Gasteiger partial charge in [0.15, 0.2) is 6.23 Å². The number of carbonyl (C=O) groups excluding carboxylic acids is 2. The molecule has 252 valence electrons. The van der Waals surface area contributed by atoms with Crippen molar-refractivity contribution in [2.75, 3.05) is 38.4 Å². The number of aromatic nitrogens is 2. The van der Waals surface area contributed by atoms with E-state index in [1.807, 2.05) is 36.4 Å². The number of nitrogens with zero attached hydrogens (tertiary/aromatic N) is 3. The molecule has 0 radical (unpaired) electrons. The maximum Gasteiger partial charge on any atom is 0.516 e. The van der Waals surface area contributed by atoms with E-state index in [2.05, 4.69) is 41.7 Å². The maximum atomic E-state index is 12.6. The minimum absolute atomic E-state index is 0.0756. The van der Waals surface area contributed by atoms with Crippen LogP contribution in [0.15, 0.2) is 65.8 Å². The third-order valence-electron chi connectivity index (χ3n) is 8.71. The van der Waals surface area contributed by atoms with Gasteiger partial charge in [0.1, 0.15) is 24.6 Å². The first-order valence-electron chi connectivity index (χ1n) is 16.0. The molecule has 1 saturated heterocycles. The monoisotopic (exact) mass is 664 g/mol. The zero-order valence-corrected chi connectivity index (χ0v) is 28.1. The second kappa shape index (κ2) is 15.0. The highest BCUT2D eigenvalue weighted by atomic mass is 31.2. The Hall–Kier alpha value is -3.76. The fourth-order valence-corrected chi connectivity index (χ4v) is 7.04. The Bertz CT molecular complexity index is 1660. The number of benzene rings is 2. The van der Waals surface area contributed by atoms with Crippen molar-refractivity contribution >= 4 is 31.1 Å². The van der Waals surface area contributed by atoms with Gasteiger partial charge in [-0.05, 0) is 67.1 Å². The van der Waals surface area contributed by atoms with E-state index in [0.717, 1.165) is 28.4 Å². The van der Waals surface area contributed by atoms with Gasteiger partial charge < -0.3 is 30.2 Å². The quantitative estimate of drug-likeness (QED) is 0.111. The first kappa shape index (κ1) is 34.6. The summed E-state index contributed by atoms with van der Waals surface area (Å²) in [5, 5.41) is 21.4. The van der Waals surface area contributed by atoms with E-state index < -0.39 is 49.5 Å². The Labute approximate surface area is 275 Å². The number of anilines is 1. The van der Waals surface area contributed by atoms with Gasteiger partial charge in [0, 0.05) is 18.7 Å². The molecule has 0 saturated carbocycles. The van der Waals surface area contributed by atoms with Crippen LogP contribution in [-0.2, 0) is 19.0 Å². The number of carbonyl (C=O) groups is 2. The van der Waals surface area contributed by atoms with Crippen LogP contribution in [0.4, 0.5) is 10.6 Å². The summed E-state index contributed by atoms with van der Waals surface area (Å²) in [6.07, 6.45) is 4.44. The third kappa shape index (κ3) is 8.40. The molecular weight excluding hydrogens is 619 g/mol. The van der Waals surface area contributed by atoms with Crippen LogP contribution >= 0.6 is 6.89 Å². The summed E-state index contributed by atoms with van der Waals surface area (Å²) >= 11 is 0. The molecule has 11 nitrogen and oxygen atoms in total. The van der Waals surface area contributed by atoms with E-state index in [0.29, 0.717) is 32.2 Å². The lowest BCUT2D eigenvalue weighted by atomic mass is 9.98. The second-order valence-electron chi connectivity index (χ2n) is 13.0. The predicted octanol–water partition coefficient (Wildman–Crippen LogP) is 4.38. The molecule has 5 rings (SSSR count). The van der Waals surface area contributed by atoms with Crippen LogP contribution in [0.5, 0.6) is 0 Å². The maximum absolute atomic E-state index is 12.6. The molecule has 12 heteroatoms. The van der Waals surface area contributed by atoms with E-state index in [1.54, 1.807) is 23.8 Å². The van der Waals surface area contributed by atoms with Crippen LogP contribution in [0.1, 0.15) is 55.9 Å². The van der Waals surface area contributed by atoms with Crippen LogP contribution in [0.25, 0.3) is 11.1 Å². The number of esters is 1. The smallest absolute Gasteiger partial charge is 0.433 e. The molecule has 3 aromatic rings. The average Bonchev–Trinajstić information content (AvgIpc) is 3.51. The first-order valence-corrected chi connectivity index (χ1v) is 19.1. The van der Waals surface area contributed by atoms with Gasteiger partial charge >= 0.3 is 12.1 Å². The lowest BCUT2D eigenvalue weighted by Gasteiger charge is -2.19. The number of hydrogen-bond donors (Lipinski definition) is 3. The molecule has 1 aliphatic carbocycles. The second-order valence-corrected chi connectivity index (χ2v) is 17.4. The molecule has 1 aliphatic heterocycles. The molecule has 2 aromatic carbocycles. The highest BCUT2D eigenvalue weighted by Gasteiger charge is 2.43. The minimum Gasteiger partial charge on any atom is -0.433 e. The van der Waals surface area contributed by atoms with E-state index in [9.17, 15) is 19.8 Å². The van der Waals surface area contributed by atoms with Gasteiger partial charge in [-0.1, -0.05) is 61.9 Å². The van der Waals surface area contributed by atoms with Crippen LogP contribution in [0.2, 0.25) is 0 Å². The van der Waals surface area contributed by atoms with Gasteiger partial charge in [0.05, 0.1) is 12.0 Å². The molecule has 0 amide bonds. The molecule has 2 aliphatic rings. The molecule has 4 N–H and O–H groups in total. The molecule has 0 spiro atoms. The zero-order valence-electron chi connectivity index (χ0n) is 27.2. The highest BCUT2D eigenvalue weighted by molar-refractivity contribution is 7.72. The predicted molar refractivity (Wildman–Crippen MR) is 183 cm³/mol. The topological polar surface area (TPSA) is 158 Å². The van der Waals surface area contributed by atoms with Crippen molar-refractivity contribution in [3.8, 4) is 11.1 Å². The van der Waals surface area contributed by atoms with Crippen molar-refractivity contribution in [1.82, 2.24) is 9.55 Å². The Morgan fingerprint density at radius 3 is 2.38 bits per heavy atom. The van der Waals surface area contributed by atoms with Gasteiger partial charge in [-0.15, -0.1) is 13.2 Å². The number of hydrogen-bond acceptors (Lipinski definition) is 10. The van der Waals surface area contributed by atoms with Gasteiger partial charge in [-0.2, -0.15) is 4.98 Å². The molecule has 5 atom stereocenters. The van der Waals surface area contributed by atoms with Crippen LogP contribution < -0.4 is 11.4 Å². The number of aliphatic hydroxyl groups excluding tert-OH is 2. The molecule has 1 fully saturated rings. The summed E-state index contributed by atoms with van der Waals surface area (Å²) in [4.78, 5) is 33.9. The van der Waals surface area contributed by atoms with Crippen LogP contribution in [0, 0.1) is 5.92 Å². The number of fused-ring (bicyclic) bond motifs is 3. The summed E-state index contributed by atoms with van der Waals surface area (Å²) < 4.78 is 18.1. The van der Waals surface area contributed by atoms with E-state index >= 15 is 0 Å². The number of nitrogens with two attached hydrogens (primary N) is 1. The summed E-state index contributed by atoms with van der Waals surface area (Å²) in [6, 6.07) is 17.6. The summed E-state index contributed by atoms with van der Waals surface area (Å²) in [7, 11) is 0. The number of aliphatic hydroxyl groups is 2. The van der Waals surface area contributed by atoms with Crippen molar-refractivity contribution in [2.24, 2.45) is 10.9 Å². The summed E-state index contributed by atoms with van der Waals surface area (Å²) in [5.74, 6) is -1.02. The highest BCUT2D eigenvalue weighted by Crippen LogP contribution is 2.44. The fraction of sp³-hybridized carbons (Fsp3) is 0.457. The summed E-state index contributed by atoms with van der Waals surface area (Å²) in [5.41, 5.74) is 10.6. The van der Waals surface area contributed by atoms with Crippen LogP contribution in [-0.4, -0.2) is 89.1 Å². The van der Waals surface area contributed by atoms with Gasteiger partial charge in [-0.3, -0.25) is 14.4 Å². The molecule has 47 heavy (non-hydrogen) atoms. The fourth-order valence-electron chi connectivity index (χ4n) is 6.09. The largest absolute Gasteiger partial charge is 0.516 e. The van der Waals surface area contributed by atoms with Crippen molar-refractivity contribution in [3.63, 3.8) is 0 Å². The van der Waals surface area contributed by atoms with Gasteiger partial charge in [0.2, 0.25) is 5.62 Å². The number of rotatable bonds is 12. The Morgan fingerprint density at radius 2 is 1.72 bits per heavy atom. The SMILES string of the molecule is C=P(C)(C)CCC1OC(n2ccc(N)nc2=NCCCCC(C)C(=O)OC(=O)OCC2c3ccccc3-c3ccccc32)[C@H](O)[C@@H]1O. The van der Waals surface area contributed by atoms with E-state index in [-0.39, 0.29) is 24.0 Å². The van der Waals surface area contributed by atoms with Crippen molar-refractivity contribution in [2.45, 2.75) is 63.1 Å². The van der Waals surface area contributed by atoms with E-state index in [1.165, 1.54) is 0 Å². The average molecular weight is 665 g/mol. The zero-order chi connectivity index (χ0) is 33.7.